The van der Waals surface area contributed by atoms with Crippen LogP contribution in [0.5, 0.6) is 11.9 Å². The van der Waals surface area contributed by atoms with Gasteiger partial charge in [-0.2, -0.15) is 4.98 Å². The summed E-state index contributed by atoms with van der Waals surface area (Å²) in [5.41, 5.74) is 2.16. The maximum atomic E-state index is 14.2. The van der Waals surface area contributed by atoms with Crippen LogP contribution >= 0.6 is 23.2 Å². The van der Waals surface area contributed by atoms with Crippen molar-refractivity contribution in [2.24, 2.45) is 7.05 Å². The predicted octanol–water partition coefficient (Wildman–Crippen LogP) is 4.32. The highest BCUT2D eigenvalue weighted by atomic mass is 35.5. The number of amides is 1. The molecule has 1 aromatic carbocycles. The third-order valence-corrected chi connectivity index (χ3v) is 7.20. The average Bonchev–Trinajstić information content (AvgIpc) is 3.46. The smallest absolute Gasteiger partial charge is 0.319 e. The molecule has 0 aliphatic carbocycles. The number of hydrogen-bond acceptors (Lipinski definition) is 8. The molecule has 13 heteroatoms. The van der Waals surface area contributed by atoms with Crippen LogP contribution in [-0.4, -0.2) is 57.9 Å². The summed E-state index contributed by atoms with van der Waals surface area (Å²) >= 11 is 12.5. The van der Waals surface area contributed by atoms with Gasteiger partial charge in [0, 0.05) is 31.6 Å². The van der Waals surface area contributed by atoms with E-state index in [0.717, 1.165) is 5.56 Å². The average molecular weight is 585 g/mol. The number of anilines is 1. The van der Waals surface area contributed by atoms with Gasteiger partial charge in [-0.3, -0.25) is 14.5 Å². The molecule has 1 aliphatic heterocycles. The number of ether oxygens (including phenoxy) is 3. The second-order valence-electron chi connectivity index (χ2n) is 9.21. The number of halogens is 2. The highest BCUT2D eigenvalue weighted by molar-refractivity contribution is 6.31. The SMILES string of the molecule is COC[C@@H](C)n1c(-c2cnc(OC)nc2OC)nc2c1[C@H](c1ccc(Cl)cc1)N(c1cc(Cl)c(=O)n(C)c1)C2=O. The Morgan fingerprint density at radius 2 is 1.77 bits per heavy atom. The Kier molecular flexibility index (Phi) is 7.54. The van der Waals surface area contributed by atoms with E-state index in [1.54, 1.807) is 43.6 Å². The van der Waals surface area contributed by atoms with Crippen LogP contribution in [-0.2, 0) is 11.8 Å². The number of nitrogens with zero attached hydrogens (tertiary/aromatic N) is 6. The quantitative estimate of drug-likeness (QED) is 0.301. The Morgan fingerprint density at radius 1 is 1.05 bits per heavy atom. The van der Waals surface area contributed by atoms with E-state index in [1.807, 2.05) is 23.6 Å². The fraction of sp³-hybridized carbons (Fsp3) is 0.296. The molecule has 40 heavy (non-hydrogen) atoms. The van der Waals surface area contributed by atoms with Gasteiger partial charge in [-0.25, -0.2) is 9.97 Å². The number of aromatic nitrogens is 5. The van der Waals surface area contributed by atoms with Crippen LogP contribution in [0.2, 0.25) is 10.0 Å². The third kappa shape index (κ3) is 4.59. The first kappa shape index (κ1) is 27.6. The lowest BCUT2D eigenvalue weighted by Gasteiger charge is -2.29. The molecule has 0 spiro atoms. The van der Waals surface area contributed by atoms with Gasteiger partial charge in [-0.1, -0.05) is 35.3 Å². The molecule has 1 aliphatic rings. The second kappa shape index (κ2) is 10.9. The number of carbonyl (C=O) groups is 1. The number of aryl methyl sites for hydroxylation is 1. The topological polar surface area (TPSA) is 114 Å². The van der Waals surface area contributed by atoms with Gasteiger partial charge in [0.2, 0.25) is 5.88 Å². The Hall–Kier alpha value is -3.93. The van der Waals surface area contributed by atoms with E-state index in [0.29, 0.717) is 34.4 Å². The maximum absolute atomic E-state index is 14.2. The Morgan fingerprint density at radius 3 is 2.40 bits per heavy atom. The zero-order valence-corrected chi connectivity index (χ0v) is 23.9. The molecular formula is C27H26Cl2N6O5. The summed E-state index contributed by atoms with van der Waals surface area (Å²) in [6, 6.07) is 7.91. The molecule has 4 aromatic rings. The molecule has 3 aromatic heterocycles. The van der Waals surface area contributed by atoms with Gasteiger partial charge >= 0.3 is 6.01 Å². The van der Waals surface area contributed by atoms with Crippen molar-refractivity contribution in [3.63, 3.8) is 0 Å². The van der Waals surface area contributed by atoms with Gasteiger partial charge in [-0.15, -0.1) is 0 Å². The van der Waals surface area contributed by atoms with Crippen LogP contribution in [0.3, 0.4) is 0 Å². The first-order valence-electron chi connectivity index (χ1n) is 12.2. The van der Waals surface area contributed by atoms with E-state index in [9.17, 15) is 9.59 Å². The van der Waals surface area contributed by atoms with Gasteiger partial charge in [0.05, 0.1) is 43.8 Å². The molecule has 208 valence electrons. The van der Waals surface area contributed by atoms with Gasteiger partial charge in [0.1, 0.15) is 16.9 Å². The molecule has 0 N–H and O–H groups in total. The number of carbonyl (C=O) groups excluding carboxylic acids is 1. The Bertz CT molecular complexity index is 1630. The monoisotopic (exact) mass is 584 g/mol. The maximum Gasteiger partial charge on any atom is 0.319 e. The van der Waals surface area contributed by atoms with E-state index in [2.05, 4.69) is 9.97 Å². The van der Waals surface area contributed by atoms with E-state index in [1.165, 1.54) is 24.9 Å². The summed E-state index contributed by atoms with van der Waals surface area (Å²) < 4.78 is 19.5. The van der Waals surface area contributed by atoms with E-state index in [-0.39, 0.29) is 40.1 Å². The molecular weight excluding hydrogens is 559 g/mol. The molecule has 0 unspecified atom stereocenters. The summed E-state index contributed by atoms with van der Waals surface area (Å²) in [7, 11) is 6.12. The standard InChI is InChI=1S/C27H26Cl2N6O5/c1-14(13-38-3)34-22-20(31-23(34)18-11-30-27(40-5)32-24(18)39-4)26(37)35(17-10-19(29)25(36)33(2)12-17)21(22)15-6-8-16(28)9-7-15/h6-12,14,21H,13H2,1-5H3/t14-,21+/m1/s1. The van der Waals surface area contributed by atoms with Crippen molar-refractivity contribution in [2.75, 3.05) is 32.8 Å². The molecule has 11 nitrogen and oxygen atoms in total. The summed E-state index contributed by atoms with van der Waals surface area (Å²) in [5, 5.41) is 0.538. The normalized spacial score (nSPS) is 15.3. The molecule has 2 atom stereocenters. The highest BCUT2D eigenvalue weighted by Gasteiger charge is 2.45. The van der Waals surface area contributed by atoms with Crippen molar-refractivity contribution in [1.82, 2.24) is 24.1 Å². The first-order chi connectivity index (χ1) is 19.2. The van der Waals surface area contributed by atoms with Gasteiger partial charge in [-0.05, 0) is 30.7 Å². The van der Waals surface area contributed by atoms with Crippen LogP contribution in [0.4, 0.5) is 5.69 Å². The van der Waals surface area contributed by atoms with Crippen molar-refractivity contribution in [3.05, 3.63) is 80.1 Å². The number of rotatable bonds is 8. The lowest BCUT2D eigenvalue weighted by molar-refractivity contribution is 0.0989. The van der Waals surface area contributed by atoms with Crippen LogP contribution in [0, 0.1) is 0 Å². The zero-order valence-electron chi connectivity index (χ0n) is 22.4. The molecule has 1 amide bonds. The molecule has 4 heterocycles. The van der Waals surface area contributed by atoms with Gasteiger partial charge in [0.15, 0.2) is 5.69 Å². The van der Waals surface area contributed by atoms with Crippen molar-refractivity contribution < 1.29 is 19.0 Å². The number of methoxy groups -OCH3 is 3. The first-order valence-corrected chi connectivity index (χ1v) is 13.0. The number of benzene rings is 1. The predicted molar refractivity (Wildman–Crippen MR) is 150 cm³/mol. The highest BCUT2D eigenvalue weighted by Crippen LogP contribution is 2.45. The van der Waals surface area contributed by atoms with E-state index < -0.39 is 6.04 Å². The third-order valence-electron chi connectivity index (χ3n) is 6.67. The fourth-order valence-electron chi connectivity index (χ4n) is 4.93. The van der Waals surface area contributed by atoms with Crippen LogP contribution < -0.4 is 19.9 Å². The van der Waals surface area contributed by atoms with Crippen molar-refractivity contribution >= 4 is 34.8 Å². The Balaban J connectivity index is 1.80. The minimum absolute atomic E-state index is 0.0105. The van der Waals surface area contributed by atoms with E-state index >= 15 is 0 Å². The summed E-state index contributed by atoms with van der Waals surface area (Å²) in [5.74, 6) is 0.292. The zero-order chi connectivity index (χ0) is 28.7. The van der Waals surface area contributed by atoms with Crippen molar-refractivity contribution in [3.8, 4) is 23.3 Å². The molecule has 0 fully saturated rings. The summed E-state index contributed by atoms with van der Waals surface area (Å²) in [6.07, 6.45) is 3.12. The molecule has 0 saturated heterocycles. The molecule has 0 bridgehead atoms. The lowest BCUT2D eigenvalue weighted by Crippen LogP contribution is -2.32. The summed E-state index contributed by atoms with van der Waals surface area (Å²) in [4.78, 5) is 41.5. The number of fused-ring (bicyclic) bond motifs is 1. The fourth-order valence-corrected chi connectivity index (χ4v) is 5.30. The van der Waals surface area contributed by atoms with Crippen molar-refractivity contribution in [2.45, 2.75) is 19.0 Å². The molecule has 5 rings (SSSR count). The number of imidazole rings is 1. The molecule has 0 radical (unpaired) electrons. The van der Waals surface area contributed by atoms with Crippen LogP contribution in [0.25, 0.3) is 11.4 Å². The minimum Gasteiger partial charge on any atom is -0.480 e. The van der Waals surface area contributed by atoms with Crippen LogP contribution in [0.15, 0.2) is 47.5 Å². The van der Waals surface area contributed by atoms with Gasteiger partial charge in [0.25, 0.3) is 11.5 Å². The Labute approximate surface area is 239 Å². The van der Waals surface area contributed by atoms with Crippen LogP contribution in [0.1, 0.15) is 40.8 Å². The minimum atomic E-state index is -0.640. The summed E-state index contributed by atoms with van der Waals surface area (Å²) in [6.45, 7) is 2.28. The van der Waals surface area contributed by atoms with Gasteiger partial charge < -0.3 is 23.3 Å². The lowest BCUT2D eigenvalue weighted by atomic mass is 10.0. The number of pyridine rings is 1. The van der Waals surface area contributed by atoms with E-state index in [4.69, 9.17) is 42.4 Å². The molecule has 0 saturated carbocycles. The largest absolute Gasteiger partial charge is 0.480 e. The number of hydrogen-bond donors (Lipinski definition) is 0. The second-order valence-corrected chi connectivity index (χ2v) is 10.1. The van der Waals surface area contributed by atoms with Crippen molar-refractivity contribution in [1.29, 1.82) is 0 Å².